The molecule has 1 saturated heterocycles. The van der Waals surface area contributed by atoms with E-state index in [1.54, 1.807) is 18.4 Å². The number of carbonyl (C=O) groups is 1. The van der Waals surface area contributed by atoms with Gasteiger partial charge in [0.05, 0.1) is 6.26 Å². The molecule has 1 aliphatic heterocycles. The Morgan fingerprint density at radius 2 is 2.28 bits per heavy atom. The number of nitrogens with zero attached hydrogens (tertiary/aromatic N) is 2. The van der Waals surface area contributed by atoms with Gasteiger partial charge in [0.25, 0.3) is 5.91 Å². The SMILES string of the molecule is O=C(c1n[nH]c2c1CCC2)N1CCCCCC1CC(O)c1ccco1. The molecule has 2 unspecified atom stereocenters. The van der Waals surface area contributed by atoms with Gasteiger partial charge in [-0.3, -0.25) is 9.89 Å². The minimum Gasteiger partial charge on any atom is -0.467 e. The topological polar surface area (TPSA) is 82.4 Å². The third-order valence-electron chi connectivity index (χ3n) is 5.51. The number of hydrogen-bond acceptors (Lipinski definition) is 4. The number of aryl methyl sites for hydroxylation is 1. The van der Waals surface area contributed by atoms with E-state index < -0.39 is 6.10 Å². The number of aliphatic hydroxyl groups is 1. The lowest BCUT2D eigenvalue weighted by Crippen LogP contribution is -2.41. The molecule has 25 heavy (non-hydrogen) atoms. The molecule has 0 saturated carbocycles. The molecule has 6 heteroatoms. The Morgan fingerprint density at radius 1 is 1.36 bits per heavy atom. The molecule has 6 nitrogen and oxygen atoms in total. The van der Waals surface area contributed by atoms with Gasteiger partial charge in [-0.25, -0.2) is 0 Å². The van der Waals surface area contributed by atoms with Crippen molar-refractivity contribution in [2.75, 3.05) is 6.54 Å². The fraction of sp³-hybridized carbons (Fsp3) is 0.579. The van der Waals surface area contributed by atoms with Crippen LogP contribution in [0, 0.1) is 0 Å². The van der Waals surface area contributed by atoms with Gasteiger partial charge in [0.15, 0.2) is 5.69 Å². The molecule has 2 aliphatic rings. The van der Waals surface area contributed by atoms with Crippen LogP contribution in [0.25, 0.3) is 0 Å². The molecule has 1 fully saturated rings. The first-order chi connectivity index (χ1) is 12.2. The van der Waals surface area contributed by atoms with Crippen molar-refractivity contribution in [3.05, 3.63) is 41.1 Å². The lowest BCUT2D eigenvalue weighted by Gasteiger charge is -2.31. The average Bonchev–Trinajstić information content (AvgIpc) is 3.31. The maximum atomic E-state index is 13.2. The highest BCUT2D eigenvalue weighted by molar-refractivity contribution is 5.94. The van der Waals surface area contributed by atoms with Crippen molar-refractivity contribution >= 4 is 5.91 Å². The number of furan rings is 1. The number of aromatic amines is 1. The molecule has 1 aliphatic carbocycles. The molecule has 0 spiro atoms. The maximum absolute atomic E-state index is 13.2. The molecule has 2 aromatic heterocycles. The zero-order valence-corrected chi connectivity index (χ0v) is 14.4. The smallest absolute Gasteiger partial charge is 0.274 e. The van der Waals surface area contributed by atoms with E-state index in [1.165, 1.54) is 0 Å². The summed E-state index contributed by atoms with van der Waals surface area (Å²) >= 11 is 0. The summed E-state index contributed by atoms with van der Waals surface area (Å²) in [6.07, 6.45) is 8.52. The third-order valence-corrected chi connectivity index (χ3v) is 5.51. The Kier molecular flexibility index (Phi) is 4.61. The number of aliphatic hydroxyl groups excluding tert-OH is 1. The van der Waals surface area contributed by atoms with E-state index in [2.05, 4.69) is 10.2 Å². The monoisotopic (exact) mass is 343 g/mol. The summed E-state index contributed by atoms with van der Waals surface area (Å²) in [6.45, 7) is 0.732. The summed E-state index contributed by atoms with van der Waals surface area (Å²) in [6, 6.07) is 3.58. The first kappa shape index (κ1) is 16.4. The van der Waals surface area contributed by atoms with Gasteiger partial charge >= 0.3 is 0 Å². The molecule has 4 rings (SSSR count). The van der Waals surface area contributed by atoms with Gasteiger partial charge < -0.3 is 14.4 Å². The van der Waals surface area contributed by atoms with Crippen LogP contribution >= 0.6 is 0 Å². The lowest BCUT2D eigenvalue weighted by atomic mass is 10.0. The largest absolute Gasteiger partial charge is 0.467 e. The standard InChI is InChI=1S/C19H25N3O3/c23-16(17-9-5-11-25-17)12-13-6-2-1-3-10-22(13)19(24)18-14-7-4-8-15(14)20-21-18/h5,9,11,13,16,23H,1-4,6-8,10,12H2,(H,20,21). The minimum atomic E-state index is -0.682. The fourth-order valence-electron chi connectivity index (χ4n) is 4.18. The van der Waals surface area contributed by atoms with E-state index in [4.69, 9.17) is 4.42 Å². The van der Waals surface area contributed by atoms with Gasteiger partial charge in [0, 0.05) is 30.3 Å². The summed E-state index contributed by atoms with van der Waals surface area (Å²) in [4.78, 5) is 15.1. The Labute approximate surface area is 147 Å². The van der Waals surface area contributed by atoms with E-state index in [0.29, 0.717) is 17.9 Å². The molecular formula is C19H25N3O3. The van der Waals surface area contributed by atoms with Gasteiger partial charge in [0.1, 0.15) is 11.9 Å². The number of hydrogen-bond donors (Lipinski definition) is 2. The molecular weight excluding hydrogens is 318 g/mol. The summed E-state index contributed by atoms with van der Waals surface area (Å²) in [5, 5.41) is 17.8. The van der Waals surface area contributed by atoms with Crippen LogP contribution in [-0.4, -0.2) is 38.7 Å². The van der Waals surface area contributed by atoms with Crippen LogP contribution < -0.4 is 0 Å². The van der Waals surface area contributed by atoms with E-state index in [0.717, 1.165) is 62.7 Å². The number of aromatic nitrogens is 2. The quantitative estimate of drug-likeness (QED) is 0.894. The molecule has 0 radical (unpaired) electrons. The highest BCUT2D eigenvalue weighted by Gasteiger charge is 2.32. The molecule has 0 bridgehead atoms. The first-order valence-electron chi connectivity index (χ1n) is 9.32. The van der Waals surface area contributed by atoms with Crippen molar-refractivity contribution in [1.82, 2.24) is 15.1 Å². The fourth-order valence-corrected chi connectivity index (χ4v) is 4.18. The van der Waals surface area contributed by atoms with Crippen molar-refractivity contribution in [1.29, 1.82) is 0 Å². The summed E-state index contributed by atoms with van der Waals surface area (Å²) in [5.41, 5.74) is 2.80. The van der Waals surface area contributed by atoms with E-state index in [-0.39, 0.29) is 11.9 Å². The number of rotatable bonds is 4. The number of likely N-dealkylation sites (tertiary alicyclic amines) is 1. The second kappa shape index (κ2) is 7.04. The lowest BCUT2D eigenvalue weighted by molar-refractivity contribution is 0.0551. The molecule has 2 aromatic rings. The second-order valence-electron chi connectivity index (χ2n) is 7.15. The van der Waals surface area contributed by atoms with Crippen molar-refractivity contribution in [2.24, 2.45) is 0 Å². The van der Waals surface area contributed by atoms with Crippen LogP contribution in [0.1, 0.15) is 72.1 Å². The van der Waals surface area contributed by atoms with E-state index in [1.807, 2.05) is 4.90 Å². The normalized spacial score (nSPS) is 21.8. The Bertz CT molecular complexity index is 722. The summed E-state index contributed by atoms with van der Waals surface area (Å²) < 4.78 is 5.33. The van der Waals surface area contributed by atoms with E-state index in [9.17, 15) is 9.90 Å². The van der Waals surface area contributed by atoms with Crippen LogP contribution in [0.4, 0.5) is 0 Å². The number of H-pyrrole nitrogens is 1. The Morgan fingerprint density at radius 3 is 3.12 bits per heavy atom. The predicted octanol–water partition coefficient (Wildman–Crippen LogP) is 3.00. The van der Waals surface area contributed by atoms with Crippen LogP contribution in [0.2, 0.25) is 0 Å². The minimum absolute atomic E-state index is 0.0120. The van der Waals surface area contributed by atoms with Gasteiger partial charge in [-0.15, -0.1) is 0 Å². The molecule has 2 N–H and O–H groups in total. The van der Waals surface area contributed by atoms with Crippen molar-refractivity contribution in [3.8, 4) is 0 Å². The first-order valence-corrected chi connectivity index (χ1v) is 9.32. The molecule has 3 heterocycles. The number of carbonyl (C=O) groups excluding carboxylic acids is 1. The zero-order valence-electron chi connectivity index (χ0n) is 14.4. The van der Waals surface area contributed by atoms with Crippen molar-refractivity contribution in [3.63, 3.8) is 0 Å². The van der Waals surface area contributed by atoms with Crippen LogP contribution in [0.3, 0.4) is 0 Å². The highest BCUT2D eigenvalue weighted by atomic mass is 16.4. The number of amides is 1. The van der Waals surface area contributed by atoms with Gasteiger partial charge in [-0.2, -0.15) is 5.10 Å². The maximum Gasteiger partial charge on any atom is 0.274 e. The van der Waals surface area contributed by atoms with E-state index >= 15 is 0 Å². The van der Waals surface area contributed by atoms with Crippen LogP contribution in [-0.2, 0) is 12.8 Å². The van der Waals surface area contributed by atoms with Crippen molar-refractivity contribution < 1.29 is 14.3 Å². The van der Waals surface area contributed by atoms with Gasteiger partial charge in [-0.05, 0) is 44.2 Å². The second-order valence-corrected chi connectivity index (χ2v) is 7.15. The number of nitrogens with one attached hydrogen (secondary N) is 1. The molecule has 0 aromatic carbocycles. The zero-order chi connectivity index (χ0) is 17.2. The average molecular weight is 343 g/mol. The number of fused-ring (bicyclic) bond motifs is 1. The van der Waals surface area contributed by atoms with Gasteiger partial charge in [0.2, 0.25) is 0 Å². The van der Waals surface area contributed by atoms with Gasteiger partial charge in [-0.1, -0.05) is 12.8 Å². The van der Waals surface area contributed by atoms with Crippen LogP contribution in [0.5, 0.6) is 0 Å². The Balaban J connectivity index is 1.54. The van der Waals surface area contributed by atoms with Crippen molar-refractivity contribution in [2.45, 2.75) is 63.5 Å². The molecule has 2 atom stereocenters. The Hall–Kier alpha value is -2.08. The highest BCUT2D eigenvalue weighted by Crippen LogP contribution is 2.30. The molecule has 134 valence electrons. The summed E-state index contributed by atoms with van der Waals surface area (Å²) in [5.74, 6) is 0.579. The molecule has 1 amide bonds. The van der Waals surface area contributed by atoms with Crippen LogP contribution in [0.15, 0.2) is 22.8 Å². The summed E-state index contributed by atoms with van der Waals surface area (Å²) in [7, 11) is 0. The third kappa shape index (κ3) is 3.23. The predicted molar refractivity (Wildman–Crippen MR) is 92.2 cm³/mol.